The highest BCUT2D eigenvalue weighted by Crippen LogP contribution is 2.19. The maximum absolute atomic E-state index is 5.70. The lowest BCUT2D eigenvalue weighted by Crippen LogP contribution is -2.05. The lowest BCUT2D eigenvalue weighted by molar-refractivity contribution is 0.271. The molecule has 1 aromatic carbocycles. The summed E-state index contributed by atoms with van der Waals surface area (Å²) in [6, 6.07) is 11.9. The summed E-state index contributed by atoms with van der Waals surface area (Å²) < 4.78 is 12.1. The van der Waals surface area contributed by atoms with Crippen molar-refractivity contribution in [2.75, 3.05) is 11.9 Å². The molecule has 2 rings (SSSR count). The third-order valence-corrected chi connectivity index (χ3v) is 3.09. The molecule has 3 nitrogen and oxygen atoms in total. The average Bonchev–Trinajstić information content (AvgIpc) is 2.80. The van der Waals surface area contributed by atoms with Crippen LogP contribution >= 0.6 is 22.6 Å². The smallest absolute Gasteiger partial charge is 0.164 e. The lowest BCUT2D eigenvalue weighted by Gasteiger charge is -2.10. The van der Waals surface area contributed by atoms with E-state index < -0.39 is 0 Å². The van der Waals surface area contributed by atoms with Crippen LogP contribution in [0.15, 0.2) is 40.8 Å². The van der Waals surface area contributed by atoms with Crippen molar-refractivity contribution in [3.63, 3.8) is 0 Å². The van der Waals surface area contributed by atoms with Gasteiger partial charge in [0.15, 0.2) is 3.77 Å². The molecule has 0 aliphatic heterocycles. The van der Waals surface area contributed by atoms with Crippen LogP contribution in [0.2, 0.25) is 0 Å². The van der Waals surface area contributed by atoms with E-state index in [1.165, 1.54) is 0 Å². The number of rotatable bonds is 6. The first kappa shape index (κ1) is 14.2. The Morgan fingerprint density at radius 2 is 2.11 bits per heavy atom. The van der Waals surface area contributed by atoms with E-state index in [2.05, 4.69) is 41.8 Å². The molecule has 1 heterocycles. The van der Waals surface area contributed by atoms with Gasteiger partial charge in [-0.3, -0.25) is 0 Å². The Bertz CT molecular complexity index is 522. The molecule has 0 bridgehead atoms. The van der Waals surface area contributed by atoms with Crippen LogP contribution in [-0.4, -0.2) is 6.61 Å². The molecule has 0 aliphatic rings. The Labute approximate surface area is 127 Å². The van der Waals surface area contributed by atoms with Gasteiger partial charge in [-0.25, -0.2) is 0 Å². The highest BCUT2D eigenvalue weighted by Gasteiger charge is 2.01. The van der Waals surface area contributed by atoms with E-state index in [9.17, 15) is 0 Å². The summed E-state index contributed by atoms with van der Waals surface area (Å²) in [5, 5.41) is 3.33. The van der Waals surface area contributed by atoms with Crippen LogP contribution < -0.4 is 10.1 Å². The van der Waals surface area contributed by atoms with Crippen molar-refractivity contribution >= 4 is 28.3 Å². The number of furan rings is 1. The maximum atomic E-state index is 5.70. The van der Waals surface area contributed by atoms with Gasteiger partial charge in [0, 0.05) is 11.8 Å². The van der Waals surface area contributed by atoms with Gasteiger partial charge >= 0.3 is 0 Å². The average molecular weight is 371 g/mol. The summed E-state index contributed by atoms with van der Waals surface area (Å²) in [5.41, 5.74) is 1.03. The first-order valence-corrected chi connectivity index (χ1v) is 7.42. The number of ether oxygens (including phenoxy) is 1. The van der Waals surface area contributed by atoms with Crippen molar-refractivity contribution in [3.05, 3.63) is 45.9 Å². The second kappa shape index (κ2) is 6.84. The third kappa shape index (κ3) is 4.78. The fourth-order valence-electron chi connectivity index (χ4n) is 1.59. The first-order chi connectivity index (χ1) is 9.13. The van der Waals surface area contributed by atoms with Crippen LogP contribution in [-0.2, 0) is 6.54 Å². The summed E-state index contributed by atoms with van der Waals surface area (Å²) in [5.74, 6) is 2.35. The van der Waals surface area contributed by atoms with Gasteiger partial charge in [-0.2, -0.15) is 0 Å². The van der Waals surface area contributed by atoms with Gasteiger partial charge in [-0.1, -0.05) is 19.9 Å². The van der Waals surface area contributed by atoms with Gasteiger partial charge in [-0.05, 0) is 52.8 Å². The highest BCUT2D eigenvalue weighted by atomic mass is 127. The predicted octanol–water partition coefficient (Wildman–Crippen LogP) is 4.53. The number of halogens is 1. The maximum Gasteiger partial charge on any atom is 0.164 e. The van der Waals surface area contributed by atoms with Crippen LogP contribution in [0.3, 0.4) is 0 Å². The van der Waals surface area contributed by atoms with Gasteiger partial charge in [-0.15, -0.1) is 0 Å². The zero-order chi connectivity index (χ0) is 13.7. The zero-order valence-electron chi connectivity index (χ0n) is 11.2. The SMILES string of the molecule is CC(C)COc1cccc(NCc2ccc(I)o2)c1. The van der Waals surface area contributed by atoms with E-state index in [1.807, 2.05) is 36.4 Å². The van der Waals surface area contributed by atoms with Crippen LogP contribution in [0.4, 0.5) is 5.69 Å². The molecule has 0 radical (unpaired) electrons. The normalized spacial score (nSPS) is 10.7. The molecule has 0 spiro atoms. The summed E-state index contributed by atoms with van der Waals surface area (Å²) >= 11 is 2.16. The first-order valence-electron chi connectivity index (χ1n) is 6.34. The Kier molecular flexibility index (Phi) is 5.13. The Morgan fingerprint density at radius 1 is 1.26 bits per heavy atom. The fraction of sp³-hybridized carbons (Fsp3) is 0.333. The van der Waals surface area contributed by atoms with Crippen molar-refractivity contribution in [3.8, 4) is 5.75 Å². The van der Waals surface area contributed by atoms with Gasteiger partial charge in [0.1, 0.15) is 11.5 Å². The molecule has 1 aromatic heterocycles. The van der Waals surface area contributed by atoms with E-state index in [0.717, 1.165) is 27.6 Å². The number of nitrogens with one attached hydrogen (secondary N) is 1. The molecule has 102 valence electrons. The minimum absolute atomic E-state index is 0.529. The van der Waals surface area contributed by atoms with Crippen LogP contribution in [0.25, 0.3) is 0 Å². The Hall–Kier alpha value is -1.17. The van der Waals surface area contributed by atoms with Crippen molar-refractivity contribution in [1.82, 2.24) is 0 Å². The van der Waals surface area contributed by atoms with Crippen molar-refractivity contribution < 1.29 is 9.15 Å². The zero-order valence-corrected chi connectivity index (χ0v) is 13.3. The van der Waals surface area contributed by atoms with E-state index in [-0.39, 0.29) is 0 Å². The van der Waals surface area contributed by atoms with Gasteiger partial charge in [0.2, 0.25) is 0 Å². The monoisotopic (exact) mass is 371 g/mol. The van der Waals surface area contributed by atoms with E-state index >= 15 is 0 Å². The number of benzene rings is 1. The quantitative estimate of drug-likeness (QED) is 0.758. The fourth-order valence-corrected chi connectivity index (χ4v) is 2.06. The van der Waals surface area contributed by atoms with Crippen LogP contribution in [0.1, 0.15) is 19.6 Å². The molecule has 0 fully saturated rings. The topological polar surface area (TPSA) is 34.4 Å². The molecule has 19 heavy (non-hydrogen) atoms. The van der Waals surface area contributed by atoms with Crippen molar-refractivity contribution in [1.29, 1.82) is 0 Å². The molecule has 0 aliphatic carbocycles. The second-order valence-electron chi connectivity index (χ2n) is 4.79. The predicted molar refractivity (Wildman–Crippen MR) is 85.5 cm³/mol. The van der Waals surface area contributed by atoms with Gasteiger partial charge < -0.3 is 14.5 Å². The summed E-state index contributed by atoms with van der Waals surface area (Å²) in [6.07, 6.45) is 0. The number of anilines is 1. The molecule has 0 saturated carbocycles. The minimum atomic E-state index is 0.529. The second-order valence-corrected chi connectivity index (χ2v) is 5.86. The van der Waals surface area contributed by atoms with Crippen LogP contribution in [0.5, 0.6) is 5.75 Å². The Balaban J connectivity index is 1.91. The van der Waals surface area contributed by atoms with E-state index in [0.29, 0.717) is 12.5 Å². The van der Waals surface area contributed by atoms with Crippen LogP contribution in [0, 0.1) is 9.68 Å². The molecule has 1 N–H and O–H groups in total. The molecule has 0 atom stereocenters. The molecule has 0 amide bonds. The van der Waals surface area contributed by atoms with Gasteiger partial charge in [0.25, 0.3) is 0 Å². The number of hydrogen-bond donors (Lipinski definition) is 1. The minimum Gasteiger partial charge on any atom is -0.493 e. The van der Waals surface area contributed by atoms with E-state index in [1.54, 1.807) is 0 Å². The van der Waals surface area contributed by atoms with Gasteiger partial charge in [0.05, 0.1) is 13.2 Å². The summed E-state index contributed by atoms with van der Waals surface area (Å²) in [4.78, 5) is 0. The molecule has 0 saturated heterocycles. The molecule has 4 heteroatoms. The molecular weight excluding hydrogens is 353 g/mol. The summed E-state index contributed by atoms with van der Waals surface area (Å²) in [6.45, 7) is 5.69. The highest BCUT2D eigenvalue weighted by molar-refractivity contribution is 14.1. The number of hydrogen-bond acceptors (Lipinski definition) is 3. The van der Waals surface area contributed by atoms with Crippen molar-refractivity contribution in [2.45, 2.75) is 20.4 Å². The van der Waals surface area contributed by atoms with Crippen molar-refractivity contribution in [2.24, 2.45) is 5.92 Å². The summed E-state index contributed by atoms with van der Waals surface area (Å²) in [7, 11) is 0. The molecule has 2 aromatic rings. The molecule has 0 unspecified atom stereocenters. The lowest BCUT2D eigenvalue weighted by atomic mass is 10.2. The third-order valence-electron chi connectivity index (χ3n) is 2.51. The Morgan fingerprint density at radius 3 is 2.79 bits per heavy atom. The largest absolute Gasteiger partial charge is 0.493 e. The molecular formula is C15H18INO2. The standard InChI is InChI=1S/C15H18INO2/c1-11(2)10-18-13-5-3-4-12(8-13)17-9-14-6-7-15(16)19-14/h3-8,11,17H,9-10H2,1-2H3. The van der Waals surface area contributed by atoms with E-state index in [4.69, 9.17) is 9.15 Å².